The second-order valence-electron chi connectivity index (χ2n) is 6.41. The van der Waals surface area contributed by atoms with Crippen molar-refractivity contribution in [3.63, 3.8) is 0 Å². The summed E-state index contributed by atoms with van der Waals surface area (Å²) in [5.74, 6) is -0.786. The Hall–Kier alpha value is -1.84. The molecule has 22 heavy (non-hydrogen) atoms. The normalized spacial score (nSPS) is 15.1. The van der Waals surface area contributed by atoms with Crippen LogP contribution in [0.4, 0.5) is 0 Å². The molecule has 4 nitrogen and oxygen atoms in total. The monoisotopic (exact) mass is 305 g/mol. The molecule has 1 rings (SSSR count). The van der Waals surface area contributed by atoms with Crippen molar-refractivity contribution in [1.29, 1.82) is 0 Å². The van der Waals surface area contributed by atoms with Crippen LogP contribution in [0.3, 0.4) is 0 Å². The van der Waals surface area contributed by atoms with Crippen molar-refractivity contribution in [2.75, 3.05) is 0 Å². The molecule has 2 N–H and O–H groups in total. The molecule has 1 amide bonds. The number of aliphatic carboxylic acids is 1. The number of carboxylic acids is 1. The maximum Gasteiger partial charge on any atom is 0.305 e. The van der Waals surface area contributed by atoms with E-state index in [1.54, 1.807) is 6.92 Å². The molecule has 122 valence electrons. The van der Waals surface area contributed by atoms with Gasteiger partial charge >= 0.3 is 5.97 Å². The summed E-state index contributed by atoms with van der Waals surface area (Å²) < 4.78 is 0. The number of carbonyl (C=O) groups excluding carboxylic acids is 1. The van der Waals surface area contributed by atoms with Crippen molar-refractivity contribution in [3.8, 4) is 0 Å². The summed E-state index contributed by atoms with van der Waals surface area (Å²) >= 11 is 0. The Kier molecular flexibility index (Phi) is 6.60. The third kappa shape index (κ3) is 5.17. The largest absolute Gasteiger partial charge is 0.481 e. The Balaban J connectivity index is 2.76. The van der Waals surface area contributed by atoms with Crippen LogP contribution in [0.2, 0.25) is 0 Å². The summed E-state index contributed by atoms with van der Waals surface area (Å²) in [6, 6.07) is 9.96. The van der Waals surface area contributed by atoms with Crippen LogP contribution in [0, 0.1) is 5.92 Å². The summed E-state index contributed by atoms with van der Waals surface area (Å²) in [5, 5.41) is 12.0. The molecular weight excluding hydrogens is 278 g/mol. The van der Waals surface area contributed by atoms with Crippen LogP contribution in [-0.2, 0) is 9.59 Å². The van der Waals surface area contributed by atoms with Gasteiger partial charge in [0.05, 0.1) is 6.42 Å². The first-order valence-electron chi connectivity index (χ1n) is 7.86. The van der Waals surface area contributed by atoms with Gasteiger partial charge in [0.2, 0.25) is 5.91 Å². The third-order valence-electron chi connectivity index (χ3n) is 4.41. The van der Waals surface area contributed by atoms with Crippen LogP contribution in [0.25, 0.3) is 0 Å². The molecule has 0 aliphatic carbocycles. The van der Waals surface area contributed by atoms with E-state index in [1.165, 1.54) is 0 Å². The third-order valence-corrected chi connectivity index (χ3v) is 4.41. The summed E-state index contributed by atoms with van der Waals surface area (Å²) in [6.45, 7) is 7.71. The minimum absolute atomic E-state index is 0.0457. The standard InChI is InChI=1S/C18H27NO3/c1-5-14(15-9-7-6-8-10-15)11-16(20)19-18(4,13(2)3)12-17(21)22/h6-10,13-14H,5,11-12H2,1-4H3,(H,19,20)(H,21,22). The second-order valence-corrected chi connectivity index (χ2v) is 6.41. The molecule has 0 saturated carbocycles. The van der Waals surface area contributed by atoms with Crippen molar-refractivity contribution in [3.05, 3.63) is 35.9 Å². The minimum atomic E-state index is -0.897. The van der Waals surface area contributed by atoms with E-state index in [1.807, 2.05) is 44.2 Å². The van der Waals surface area contributed by atoms with E-state index in [0.717, 1.165) is 12.0 Å². The first-order chi connectivity index (χ1) is 10.3. The van der Waals surface area contributed by atoms with Gasteiger partial charge in [-0.15, -0.1) is 0 Å². The number of carboxylic acid groups (broad SMARTS) is 1. The molecule has 0 saturated heterocycles. The summed E-state index contributed by atoms with van der Waals surface area (Å²) in [4.78, 5) is 23.4. The van der Waals surface area contributed by atoms with Crippen LogP contribution < -0.4 is 5.32 Å². The molecule has 0 heterocycles. The van der Waals surface area contributed by atoms with E-state index in [2.05, 4.69) is 12.2 Å². The van der Waals surface area contributed by atoms with Gasteiger partial charge in [0.15, 0.2) is 0 Å². The number of carbonyl (C=O) groups is 2. The van der Waals surface area contributed by atoms with E-state index in [-0.39, 0.29) is 24.2 Å². The maximum atomic E-state index is 12.4. The lowest BCUT2D eigenvalue weighted by atomic mass is 9.84. The molecule has 2 atom stereocenters. The molecule has 0 aromatic heterocycles. The van der Waals surface area contributed by atoms with Crippen LogP contribution in [0.15, 0.2) is 30.3 Å². The molecule has 0 spiro atoms. The molecule has 0 radical (unpaired) electrons. The lowest BCUT2D eigenvalue weighted by Crippen LogP contribution is -2.51. The number of hydrogen-bond acceptors (Lipinski definition) is 2. The average Bonchev–Trinajstić information content (AvgIpc) is 2.44. The Bertz CT molecular complexity index is 498. The number of nitrogens with one attached hydrogen (secondary N) is 1. The summed E-state index contributed by atoms with van der Waals surface area (Å²) in [7, 11) is 0. The highest BCUT2D eigenvalue weighted by atomic mass is 16.4. The first kappa shape index (κ1) is 18.2. The molecule has 0 bridgehead atoms. The van der Waals surface area contributed by atoms with Crippen molar-refractivity contribution in [2.45, 2.75) is 58.4 Å². The highest BCUT2D eigenvalue weighted by Gasteiger charge is 2.33. The van der Waals surface area contributed by atoms with Crippen LogP contribution in [0.1, 0.15) is 58.4 Å². The van der Waals surface area contributed by atoms with Gasteiger partial charge in [-0.25, -0.2) is 0 Å². The number of benzene rings is 1. The zero-order valence-corrected chi connectivity index (χ0v) is 13.9. The van der Waals surface area contributed by atoms with Crippen molar-refractivity contribution < 1.29 is 14.7 Å². The van der Waals surface area contributed by atoms with Crippen LogP contribution in [-0.4, -0.2) is 22.5 Å². The molecule has 2 unspecified atom stereocenters. The predicted molar refractivity (Wildman–Crippen MR) is 87.7 cm³/mol. The highest BCUT2D eigenvalue weighted by Crippen LogP contribution is 2.25. The fourth-order valence-electron chi connectivity index (χ4n) is 2.52. The fourth-order valence-corrected chi connectivity index (χ4v) is 2.52. The van der Waals surface area contributed by atoms with Crippen LogP contribution >= 0.6 is 0 Å². The predicted octanol–water partition coefficient (Wildman–Crippen LogP) is 3.58. The Morgan fingerprint density at radius 3 is 2.27 bits per heavy atom. The number of amides is 1. The van der Waals surface area contributed by atoms with Gasteiger partial charge in [-0.05, 0) is 30.7 Å². The van der Waals surface area contributed by atoms with Gasteiger partial charge in [0.1, 0.15) is 0 Å². The van der Waals surface area contributed by atoms with E-state index < -0.39 is 11.5 Å². The van der Waals surface area contributed by atoms with E-state index in [0.29, 0.717) is 6.42 Å². The molecule has 0 aliphatic heterocycles. The smallest absolute Gasteiger partial charge is 0.305 e. The molecular formula is C18H27NO3. The fraction of sp³-hybridized carbons (Fsp3) is 0.556. The van der Waals surface area contributed by atoms with Gasteiger partial charge in [0, 0.05) is 12.0 Å². The molecule has 1 aromatic rings. The zero-order chi connectivity index (χ0) is 16.8. The van der Waals surface area contributed by atoms with E-state index >= 15 is 0 Å². The maximum absolute atomic E-state index is 12.4. The van der Waals surface area contributed by atoms with Gasteiger partial charge in [0.25, 0.3) is 0 Å². The summed E-state index contributed by atoms with van der Waals surface area (Å²) in [6.07, 6.45) is 1.18. The number of hydrogen-bond donors (Lipinski definition) is 2. The van der Waals surface area contributed by atoms with Gasteiger partial charge in [-0.3, -0.25) is 9.59 Å². The molecule has 0 fully saturated rings. The SMILES string of the molecule is CCC(CC(=O)NC(C)(CC(=O)O)C(C)C)c1ccccc1. The van der Waals surface area contributed by atoms with Gasteiger partial charge in [-0.2, -0.15) is 0 Å². The van der Waals surface area contributed by atoms with Crippen molar-refractivity contribution in [2.24, 2.45) is 5.92 Å². The molecule has 1 aromatic carbocycles. The van der Waals surface area contributed by atoms with E-state index in [9.17, 15) is 9.59 Å². The van der Waals surface area contributed by atoms with Crippen molar-refractivity contribution in [1.82, 2.24) is 5.32 Å². The molecule has 0 aliphatic rings. The number of rotatable bonds is 8. The van der Waals surface area contributed by atoms with Gasteiger partial charge in [-0.1, -0.05) is 51.1 Å². The Labute approximate surface area is 132 Å². The lowest BCUT2D eigenvalue weighted by Gasteiger charge is -2.34. The van der Waals surface area contributed by atoms with Crippen LogP contribution in [0.5, 0.6) is 0 Å². The molecule has 4 heteroatoms. The van der Waals surface area contributed by atoms with Crippen molar-refractivity contribution >= 4 is 11.9 Å². The minimum Gasteiger partial charge on any atom is -0.481 e. The first-order valence-corrected chi connectivity index (χ1v) is 7.86. The lowest BCUT2D eigenvalue weighted by molar-refractivity contribution is -0.139. The van der Waals surface area contributed by atoms with Gasteiger partial charge < -0.3 is 10.4 Å². The second kappa shape index (κ2) is 7.97. The highest BCUT2D eigenvalue weighted by molar-refractivity contribution is 5.79. The quantitative estimate of drug-likeness (QED) is 0.771. The zero-order valence-electron chi connectivity index (χ0n) is 13.9. The average molecular weight is 305 g/mol. The Morgan fingerprint density at radius 1 is 1.23 bits per heavy atom. The summed E-state index contributed by atoms with van der Waals surface area (Å²) in [5.41, 5.74) is 0.419. The Morgan fingerprint density at radius 2 is 1.82 bits per heavy atom. The van der Waals surface area contributed by atoms with E-state index in [4.69, 9.17) is 5.11 Å². The topological polar surface area (TPSA) is 66.4 Å².